The number of nitrogens with one attached hydrogen (secondary N) is 1. The summed E-state index contributed by atoms with van der Waals surface area (Å²) >= 11 is 0. The standard InChI is InChI=1S/C29H45NO4.C25H36O4.C4H12NO.Cr/c1-9-10-11-12-15-28(5,6)20-17-23(31)25-21-16-19(26(32)30-34-27(2,3)4)13-14-22(21)29(7,8)33-24(25)18-20;1-6-7-8-9-12-24(2,3)17-14-20(26)22-18-13-16(23(27)28)10-11-19(18)25(4,5)29-21(22)15-17;1-4(2,3)6-5;/h13,17-18,21-22,31H,9-12,14-16H2,1-8H3,(H,30,32);10,14-15,18-19,26H,6-9,11-13H2,1-5H3,(H,27,28);1-3,5H3;/q;;+1;/t21-,22-;18-,19-;;/m11../s1. The first-order valence-electron chi connectivity index (χ1n) is 26.0. The monoisotopic (exact) mass is 1010 g/mol. The number of carbonyl (C=O) groups is 2. The van der Waals surface area contributed by atoms with Gasteiger partial charge < -0.3 is 24.8 Å². The second-order valence-electron chi connectivity index (χ2n) is 24.6. The van der Waals surface area contributed by atoms with Crippen molar-refractivity contribution in [2.45, 2.75) is 246 Å². The number of fused-ring (bicyclic) bond motifs is 6. The zero-order chi connectivity index (χ0) is 51.9. The molecule has 12 heteroatoms. The van der Waals surface area contributed by atoms with Crippen molar-refractivity contribution in [2.75, 3.05) is 0 Å². The number of phenolic OH excluding ortho intramolecular Hbond substituents is 2. The van der Waals surface area contributed by atoms with Gasteiger partial charge in [0.1, 0.15) is 39.8 Å². The number of carbonyl (C=O) groups excluding carboxylic acids is 1. The van der Waals surface area contributed by atoms with Crippen molar-refractivity contribution in [2.24, 2.45) is 11.8 Å². The van der Waals surface area contributed by atoms with Crippen LogP contribution < -0.4 is 20.9 Å². The first kappa shape index (κ1) is 60.8. The summed E-state index contributed by atoms with van der Waals surface area (Å²) in [7, 11) is 0. The zero-order valence-electron chi connectivity index (χ0n) is 46.1. The molecule has 0 saturated carbocycles. The van der Waals surface area contributed by atoms with Crippen molar-refractivity contribution < 1.29 is 67.3 Å². The summed E-state index contributed by atoms with van der Waals surface area (Å²) in [6.45, 7) is 33.4. The van der Waals surface area contributed by atoms with Gasteiger partial charge in [0.15, 0.2) is 0 Å². The average Bonchev–Trinajstić information content (AvgIpc) is 3.24. The van der Waals surface area contributed by atoms with Crippen molar-refractivity contribution in [3.05, 3.63) is 69.8 Å². The molecule has 6 rings (SSSR count). The Kier molecular flexibility index (Phi) is 21.2. The Bertz CT molecular complexity index is 2140. The molecule has 0 saturated heterocycles. The minimum Gasteiger partial charge on any atom is -0.508 e. The number of allylic oxidation sites excluding steroid dienone is 2. The summed E-state index contributed by atoms with van der Waals surface area (Å²) in [6, 6.07) is 8.04. The number of hydrogen-bond acceptors (Lipinski definition) is 8. The third-order valence-electron chi connectivity index (χ3n) is 14.9. The van der Waals surface area contributed by atoms with Gasteiger partial charge in [0.25, 0.3) is 5.91 Å². The number of benzene rings is 2. The van der Waals surface area contributed by atoms with Gasteiger partial charge in [0, 0.05) is 63.3 Å². The van der Waals surface area contributed by atoms with Crippen molar-refractivity contribution in [1.82, 2.24) is 5.48 Å². The number of aromatic hydroxyl groups is 2. The molecule has 4 atom stereocenters. The normalized spacial score (nSPS) is 21.0. The Hall–Kier alpha value is -3.53. The molecular weight excluding hydrogens is 921 g/mol. The average molecular weight is 1010 g/mol. The topological polar surface area (TPSA) is 171 Å². The Balaban J connectivity index is 0.000000330. The Morgan fingerprint density at radius 1 is 0.657 bits per heavy atom. The van der Waals surface area contributed by atoms with Crippen LogP contribution in [0, 0.1) is 11.8 Å². The van der Waals surface area contributed by atoms with E-state index in [9.17, 15) is 24.9 Å². The van der Waals surface area contributed by atoms with Crippen LogP contribution in [0.5, 0.6) is 23.0 Å². The van der Waals surface area contributed by atoms with Gasteiger partial charge in [0.2, 0.25) is 0 Å². The molecule has 2 aromatic carbocycles. The number of amides is 1. The van der Waals surface area contributed by atoms with Gasteiger partial charge in [-0.3, -0.25) is 9.63 Å². The van der Waals surface area contributed by atoms with Gasteiger partial charge in [-0.1, -0.05) is 105 Å². The van der Waals surface area contributed by atoms with Crippen LogP contribution in [0.15, 0.2) is 47.6 Å². The van der Waals surface area contributed by atoms with E-state index in [1.165, 1.54) is 51.4 Å². The number of hydroxylamine groups is 1. The van der Waals surface area contributed by atoms with Crippen LogP contribution in [0.4, 0.5) is 0 Å². The maximum Gasteiger partial charge on any atom is 0.331 e. The maximum absolute atomic E-state index is 12.8. The molecule has 2 aliphatic carbocycles. The summed E-state index contributed by atoms with van der Waals surface area (Å²) in [4.78, 5) is 34.6. The Morgan fingerprint density at radius 2 is 1.04 bits per heavy atom. The van der Waals surface area contributed by atoms with Crippen LogP contribution in [0.25, 0.3) is 0 Å². The zero-order valence-corrected chi connectivity index (χ0v) is 47.4. The summed E-state index contributed by atoms with van der Waals surface area (Å²) in [6.07, 6.45) is 18.1. The number of quaternary nitrogens is 1. The Morgan fingerprint density at radius 3 is 1.40 bits per heavy atom. The molecule has 0 spiro atoms. The van der Waals surface area contributed by atoms with E-state index < -0.39 is 22.8 Å². The fourth-order valence-corrected chi connectivity index (χ4v) is 10.5. The summed E-state index contributed by atoms with van der Waals surface area (Å²) < 4.78 is 12.9. The van der Waals surface area contributed by atoms with Crippen LogP contribution >= 0.6 is 0 Å². The Labute approximate surface area is 433 Å². The third-order valence-corrected chi connectivity index (χ3v) is 14.9. The number of phenols is 2. The number of hydrogen-bond donors (Lipinski definition) is 5. The predicted molar refractivity (Wildman–Crippen MR) is 277 cm³/mol. The molecular formula is C58H93CrN2O9+. The molecule has 70 heavy (non-hydrogen) atoms. The van der Waals surface area contributed by atoms with Crippen LogP contribution in [0.3, 0.4) is 0 Å². The largest absolute Gasteiger partial charge is 0.508 e. The van der Waals surface area contributed by atoms with Gasteiger partial charge in [-0.05, 0) is 154 Å². The van der Waals surface area contributed by atoms with Crippen LogP contribution in [-0.4, -0.2) is 49.6 Å². The van der Waals surface area contributed by atoms with Crippen molar-refractivity contribution >= 4 is 11.9 Å². The van der Waals surface area contributed by atoms with Crippen LogP contribution in [0.1, 0.15) is 235 Å². The van der Waals surface area contributed by atoms with Crippen molar-refractivity contribution in [3.63, 3.8) is 0 Å². The fourth-order valence-electron chi connectivity index (χ4n) is 10.5. The number of rotatable bonds is 15. The van der Waals surface area contributed by atoms with E-state index in [-0.39, 0.29) is 74.9 Å². The molecule has 2 heterocycles. The molecule has 11 nitrogen and oxygen atoms in total. The molecule has 0 radical (unpaired) electrons. The maximum atomic E-state index is 12.8. The van der Waals surface area contributed by atoms with E-state index in [0.29, 0.717) is 30.4 Å². The molecule has 394 valence electrons. The second-order valence-corrected chi connectivity index (χ2v) is 24.6. The fraction of sp³-hybridized carbons (Fsp3) is 0.690. The molecule has 2 aliphatic heterocycles. The van der Waals surface area contributed by atoms with E-state index in [4.69, 9.17) is 14.3 Å². The van der Waals surface area contributed by atoms with Crippen LogP contribution in [-0.2, 0) is 47.5 Å². The van der Waals surface area contributed by atoms with Gasteiger partial charge in [-0.2, -0.15) is 0 Å². The van der Waals surface area contributed by atoms with Crippen molar-refractivity contribution in [3.8, 4) is 23.0 Å². The van der Waals surface area contributed by atoms with E-state index in [1.54, 1.807) is 0 Å². The van der Waals surface area contributed by atoms with E-state index >= 15 is 0 Å². The predicted octanol–water partition coefficient (Wildman–Crippen LogP) is 13.3. The molecule has 4 aliphatic rings. The van der Waals surface area contributed by atoms with Gasteiger partial charge >= 0.3 is 5.97 Å². The first-order chi connectivity index (χ1) is 31.9. The van der Waals surface area contributed by atoms with E-state index in [2.05, 4.69) is 97.6 Å². The molecule has 0 bridgehead atoms. The van der Waals surface area contributed by atoms with E-state index in [1.807, 2.05) is 65.8 Å². The van der Waals surface area contributed by atoms with Crippen molar-refractivity contribution in [1.29, 1.82) is 0 Å². The molecule has 7 N–H and O–H groups in total. The first-order valence-corrected chi connectivity index (χ1v) is 26.0. The van der Waals surface area contributed by atoms with Gasteiger partial charge in [-0.25, -0.2) is 21.0 Å². The number of carboxylic acid groups (broad SMARTS) is 1. The SMILES string of the molecule is CC(C)(C)O[NH3+].CCCCCCC(C)(C)c1cc(O)c2c(c1)OC(C)(C)[C@@H]1CC=C(C(=O)NOC(C)(C)C)C[C@@H]21.CCCCCCC(C)(C)c1cc(O)c2c(c1)OC(C)(C)[C@@H]1CC=C(C(=O)O)C[C@@H]21.[Cr]. The number of aliphatic carboxylic acids is 1. The molecule has 2 aromatic rings. The smallest absolute Gasteiger partial charge is 0.331 e. The number of unbranched alkanes of at least 4 members (excludes halogenated alkanes) is 6. The number of carboxylic acids is 1. The number of ether oxygens (including phenoxy) is 2. The minimum atomic E-state index is -0.862. The molecule has 0 unspecified atom stereocenters. The van der Waals surface area contributed by atoms with Gasteiger partial charge in [-0.15, -0.1) is 0 Å². The summed E-state index contributed by atoms with van der Waals surface area (Å²) in [5.74, 6) is 4.51. The quantitative estimate of drug-likeness (QED) is 0.0860. The van der Waals surface area contributed by atoms with Crippen LogP contribution in [0.2, 0.25) is 0 Å². The molecule has 0 aromatic heterocycles. The third kappa shape index (κ3) is 16.0. The molecule has 1 amide bonds. The second kappa shape index (κ2) is 24.5. The molecule has 0 fully saturated rings. The van der Waals surface area contributed by atoms with Gasteiger partial charge in [0.05, 0.1) is 5.60 Å². The minimum absolute atomic E-state index is 0. The summed E-state index contributed by atoms with van der Waals surface area (Å²) in [5, 5.41) is 31.7. The van der Waals surface area contributed by atoms with E-state index in [0.717, 1.165) is 53.0 Å². The summed E-state index contributed by atoms with van der Waals surface area (Å²) in [5.41, 5.74) is 6.13.